The van der Waals surface area contributed by atoms with E-state index in [9.17, 15) is 5.11 Å². The third-order valence-electron chi connectivity index (χ3n) is 2.04. The highest BCUT2D eigenvalue weighted by Crippen LogP contribution is 2.17. The number of likely N-dealkylation sites (N-methyl/N-ethyl adjacent to an activating group) is 1. The van der Waals surface area contributed by atoms with Gasteiger partial charge in [-0.05, 0) is 26.3 Å². The zero-order valence-corrected chi connectivity index (χ0v) is 8.15. The Morgan fingerprint density at radius 3 is 2.45 bits per heavy atom. The number of aliphatic hydroxyl groups is 1. The van der Waals surface area contributed by atoms with E-state index in [4.69, 9.17) is 0 Å². The Bertz CT molecular complexity index is 102. The maximum absolute atomic E-state index is 9.75. The van der Waals surface area contributed by atoms with E-state index in [1.165, 1.54) is 0 Å². The van der Waals surface area contributed by atoms with Crippen LogP contribution in [0.2, 0.25) is 0 Å². The molecule has 0 aliphatic rings. The monoisotopic (exact) mass is 159 g/mol. The van der Waals surface area contributed by atoms with Crippen LogP contribution in [0.15, 0.2) is 0 Å². The highest BCUT2D eigenvalue weighted by Gasteiger charge is 2.21. The Balaban J connectivity index is 3.70. The van der Waals surface area contributed by atoms with Crippen LogP contribution in [0.3, 0.4) is 0 Å². The molecule has 0 fully saturated rings. The zero-order valence-electron chi connectivity index (χ0n) is 8.15. The summed E-state index contributed by atoms with van der Waals surface area (Å²) in [6.45, 7) is 6.89. The third kappa shape index (κ3) is 5.22. The lowest BCUT2D eigenvalue weighted by molar-refractivity contribution is 0.0376. The van der Waals surface area contributed by atoms with Crippen LogP contribution in [0.5, 0.6) is 0 Å². The van der Waals surface area contributed by atoms with E-state index in [0.29, 0.717) is 12.5 Å². The summed E-state index contributed by atoms with van der Waals surface area (Å²) in [5.74, 6) is 0.610. The topological polar surface area (TPSA) is 32.3 Å². The lowest BCUT2D eigenvalue weighted by Gasteiger charge is -2.25. The Morgan fingerprint density at radius 2 is 2.09 bits per heavy atom. The van der Waals surface area contributed by atoms with E-state index >= 15 is 0 Å². The largest absolute Gasteiger partial charge is 0.389 e. The van der Waals surface area contributed by atoms with Crippen LogP contribution in [-0.4, -0.2) is 24.3 Å². The van der Waals surface area contributed by atoms with Gasteiger partial charge in [0.15, 0.2) is 0 Å². The molecule has 0 rings (SSSR count). The van der Waals surface area contributed by atoms with Crippen LogP contribution in [0, 0.1) is 5.92 Å². The van der Waals surface area contributed by atoms with Crippen LogP contribution in [0.1, 0.15) is 33.6 Å². The molecule has 2 heteroatoms. The Kier molecular flexibility index (Phi) is 4.69. The van der Waals surface area contributed by atoms with Crippen molar-refractivity contribution in [2.45, 2.75) is 39.2 Å². The summed E-state index contributed by atoms with van der Waals surface area (Å²) in [5, 5.41) is 12.7. The van der Waals surface area contributed by atoms with Crippen molar-refractivity contribution in [3.05, 3.63) is 0 Å². The van der Waals surface area contributed by atoms with Gasteiger partial charge in [0.05, 0.1) is 5.60 Å². The van der Waals surface area contributed by atoms with Gasteiger partial charge in [0.25, 0.3) is 0 Å². The molecule has 68 valence electrons. The average Bonchev–Trinajstić information content (AvgIpc) is 1.86. The van der Waals surface area contributed by atoms with Gasteiger partial charge < -0.3 is 10.4 Å². The fraction of sp³-hybridized carbons (Fsp3) is 1.00. The van der Waals surface area contributed by atoms with Gasteiger partial charge in [0.2, 0.25) is 0 Å². The predicted molar refractivity (Wildman–Crippen MR) is 48.6 cm³/mol. The van der Waals surface area contributed by atoms with E-state index in [1.807, 2.05) is 14.0 Å². The van der Waals surface area contributed by atoms with Crippen molar-refractivity contribution in [1.82, 2.24) is 5.32 Å². The van der Waals surface area contributed by atoms with E-state index < -0.39 is 5.60 Å². The molecule has 11 heavy (non-hydrogen) atoms. The molecule has 2 nitrogen and oxygen atoms in total. The molecule has 0 aromatic rings. The lowest BCUT2D eigenvalue weighted by Crippen LogP contribution is -2.37. The molecular weight excluding hydrogens is 138 g/mol. The molecule has 0 aliphatic heterocycles. The van der Waals surface area contributed by atoms with Crippen LogP contribution in [0.4, 0.5) is 0 Å². The smallest absolute Gasteiger partial charge is 0.0746 e. The average molecular weight is 159 g/mol. The van der Waals surface area contributed by atoms with Crippen molar-refractivity contribution in [3.63, 3.8) is 0 Å². The maximum Gasteiger partial charge on any atom is 0.0746 e. The van der Waals surface area contributed by atoms with Crippen molar-refractivity contribution in [1.29, 1.82) is 0 Å². The molecule has 0 heterocycles. The molecule has 0 aliphatic carbocycles. The predicted octanol–water partition coefficient (Wildman–Crippen LogP) is 1.39. The SMILES string of the molecule is CCC(C)CC(C)(O)CNC. The summed E-state index contributed by atoms with van der Waals surface area (Å²) in [5.41, 5.74) is -0.538. The van der Waals surface area contributed by atoms with Crippen LogP contribution < -0.4 is 5.32 Å². The molecule has 0 aromatic heterocycles. The minimum atomic E-state index is -0.538. The highest BCUT2D eigenvalue weighted by molar-refractivity contribution is 4.76. The molecule has 2 unspecified atom stereocenters. The van der Waals surface area contributed by atoms with E-state index in [2.05, 4.69) is 19.2 Å². The minimum Gasteiger partial charge on any atom is -0.389 e. The van der Waals surface area contributed by atoms with E-state index in [1.54, 1.807) is 0 Å². The number of hydrogen-bond donors (Lipinski definition) is 2. The second-order valence-corrected chi connectivity index (χ2v) is 3.74. The first-order chi connectivity index (χ1) is 5.02. The van der Waals surface area contributed by atoms with Gasteiger partial charge in [-0.15, -0.1) is 0 Å². The summed E-state index contributed by atoms with van der Waals surface area (Å²) in [4.78, 5) is 0. The van der Waals surface area contributed by atoms with Gasteiger partial charge in [-0.3, -0.25) is 0 Å². The summed E-state index contributed by atoms with van der Waals surface area (Å²) in [6, 6.07) is 0. The molecule has 0 aromatic carbocycles. The molecule has 0 saturated heterocycles. The van der Waals surface area contributed by atoms with E-state index in [0.717, 1.165) is 12.8 Å². The summed E-state index contributed by atoms with van der Waals surface area (Å²) in [6.07, 6.45) is 2.02. The Labute approximate surface area is 70.0 Å². The van der Waals surface area contributed by atoms with Crippen molar-refractivity contribution >= 4 is 0 Å². The normalized spacial score (nSPS) is 19.4. The van der Waals surface area contributed by atoms with Gasteiger partial charge in [-0.1, -0.05) is 20.3 Å². The molecule has 0 saturated carbocycles. The summed E-state index contributed by atoms with van der Waals surface area (Å²) < 4.78 is 0. The second kappa shape index (κ2) is 4.73. The van der Waals surface area contributed by atoms with Crippen LogP contribution in [-0.2, 0) is 0 Å². The van der Waals surface area contributed by atoms with Crippen molar-refractivity contribution in [3.8, 4) is 0 Å². The fourth-order valence-electron chi connectivity index (χ4n) is 1.35. The van der Waals surface area contributed by atoms with Crippen molar-refractivity contribution in [2.24, 2.45) is 5.92 Å². The van der Waals surface area contributed by atoms with Crippen molar-refractivity contribution < 1.29 is 5.11 Å². The number of rotatable bonds is 5. The fourth-order valence-corrected chi connectivity index (χ4v) is 1.35. The second-order valence-electron chi connectivity index (χ2n) is 3.74. The Morgan fingerprint density at radius 1 is 1.55 bits per heavy atom. The molecule has 0 amide bonds. The third-order valence-corrected chi connectivity index (χ3v) is 2.04. The summed E-state index contributed by atoms with van der Waals surface area (Å²) in [7, 11) is 1.87. The van der Waals surface area contributed by atoms with Crippen LogP contribution >= 0.6 is 0 Å². The lowest BCUT2D eigenvalue weighted by atomic mass is 9.91. The van der Waals surface area contributed by atoms with Gasteiger partial charge in [-0.2, -0.15) is 0 Å². The van der Waals surface area contributed by atoms with Gasteiger partial charge in [-0.25, -0.2) is 0 Å². The van der Waals surface area contributed by atoms with Crippen LogP contribution in [0.25, 0.3) is 0 Å². The number of hydrogen-bond acceptors (Lipinski definition) is 2. The number of nitrogens with one attached hydrogen (secondary N) is 1. The van der Waals surface area contributed by atoms with E-state index in [-0.39, 0.29) is 0 Å². The van der Waals surface area contributed by atoms with Gasteiger partial charge in [0.1, 0.15) is 0 Å². The molecule has 2 N–H and O–H groups in total. The van der Waals surface area contributed by atoms with Crippen molar-refractivity contribution in [2.75, 3.05) is 13.6 Å². The molecule has 0 spiro atoms. The molecule has 2 atom stereocenters. The summed E-state index contributed by atoms with van der Waals surface area (Å²) >= 11 is 0. The first kappa shape index (κ1) is 10.9. The highest BCUT2D eigenvalue weighted by atomic mass is 16.3. The zero-order chi connectivity index (χ0) is 8.91. The van der Waals surface area contributed by atoms with Gasteiger partial charge in [0, 0.05) is 6.54 Å². The standard InChI is InChI=1S/C9H21NO/c1-5-8(2)6-9(3,11)7-10-4/h8,10-11H,5-7H2,1-4H3. The maximum atomic E-state index is 9.75. The quantitative estimate of drug-likeness (QED) is 0.635. The Hall–Kier alpha value is -0.0800. The first-order valence-corrected chi connectivity index (χ1v) is 4.39. The first-order valence-electron chi connectivity index (χ1n) is 4.39. The van der Waals surface area contributed by atoms with Gasteiger partial charge >= 0.3 is 0 Å². The molecule has 0 radical (unpaired) electrons. The molecular formula is C9H21NO. The minimum absolute atomic E-state index is 0.538. The molecule has 0 bridgehead atoms.